The molecule has 0 aliphatic carbocycles. The van der Waals surface area contributed by atoms with Crippen LogP contribution in [0.15, 0.2) is 33.5 Å². The summed E-state index contributed by atoms with van der Waals surface area (Å²) in [5.74, 6) is 0.451. The molecule has 1 aliphatic heterocycles. The summed E-state index contributed by atoms with van der Waals surface area (Å²) in [6.07, 6.45) is 3.36. The van der Waals surface area contributed by atoms with E-state index in [1.165, 1.54) is 40.6 Å². The Morgan fingerprint density at radius 1 is 1.17 bits per heavy atom. The molecule has 29 heavy (non-hydrogen) atoms. The number of rotatable bonds is 4. The van der Waals surface area contributed by atoms with Crippen LogP contribution in [0.5, 0.6) is 0 Å². The van der Waals surface area contributed by atoms with Crippen molar-refractivity contribution in [3.63, 3.8) is 0 Å². The number of thiophene rings is 1. The lowest BCUT2D eigenvalue weighted by Gasteiger charge is -2.26. The zero-order chi connectivity index (χ0) is 20.5. The summed E-state index contributed by atoms with van der Waals surface area (Å²) in [5.41, 5.74) is 4.35. The monoisotopic (exact) mass is 427 g/mol. The van der Waals surface area contributed by atoms with E-state index < -0.39 is 0 Å². The number of fused-ring (bicyclic) bond motifs is 1. The number of nitrogens with zero attached hydrogens (tertiary/aromatic N) is 3. The molecule has 152 valence electrons. The fraction of sp³-hybridized carbons (Fsp3) is 0.409. The Hall–Kier alpha value is -2.12. The molecule has 1 amide bonds. The van der Waals surface area contributed by atoms with Gasteiger partial charge in [0.25, 0.3) is 5.56 Å². The number of aromatic nitrogens is 2. The smallest absolute Gasteiger partial charge is 0.263 e. The quantitative estimate of drug-likeness (QED) is 0.458. The highest BCUT2D eigenvalue weighted by atomic mass is 32.2. The van der Waals surface area contributed by atoms with Crippen molar-refractivity contribution in [2.75, 3.05) is 18.8 Å². The molecule has 4 rings (SSSR count). The van der Waals surface area contributed by atoms with E-state index in [0.29, 0.717) is 16.3 Å². The number of piperidine rings is 1. The van der Waals surface area contributed by atoms with Crippen molar-refractivity contribution in [3.05, 3.63) is 45.1 Å². The number of thioether (sulfide) groups is 1. The van der Waals surface area contributed by atoms with Crippen LogP contribution in [-0.4, -0.2) is 39.2 Å². The Labute approximate surface area is 178 Å². The van der Waals surface area contributed by atoms with Crippen LogP contribution in [0.1, 0.15) is 30.4 Å². The topological polar surface area (TPSA) is 55.2 Å². The molecular weight excluding hydrogens is 402 g/mol. The number of aryl methyl sites for hydroxylation is 2. The lowest BCUT2D eigenvalue weighted by molar-refractivity contribution is -0.129. The maximum Gasteiger partial charge on any atom is 0.263 e. The lowest BCUT2D eigenvalue weighted by atomic mass is 10.0. The minimum Gasteiger partial charge on any atom is -0.342 e. The van der Waals surface area contributed by atoms with Crippen molar-refractivity contribution >= 4 is 39.2 Å². The van der Waals surface area contributed by atoms with Crippen LogP contribution >= 0.6 is 23.1 Å². The van der Waals surface area contributed by atoms with Crippen LogP contribution in [0, 0.1) is 13.8 Å². The lowest BCUT2D eigenvalue weighted by Crippen LogP contribution is -2.36. The molecule has 0 N–H and O–H groups in total. The van der Waals surface area contributed by atoms with E-state index in [0.717, 1.165) is 41.9 Å². The first-order chi connectivity index (χ1) is 14.0. The normalized spacial score (nSPS) is 14.5. The average molecular weight is 428 g/mol. The van der Waals surface area contributed by atoms with Crippen LogP contribution in [0.3, 0.4) is 0 Å². The molecule has 1 saturated heterocycles. The van der Waals surface area contributed by atoms with Gasteiger partial charge in [0.15, 0.2) is 5.16 Å². The van der Waals surface area contributed by atoms with Gasteiger partial charge in [0.05, 0.1) is 11.1 Å². The minimum absolute atomic E-state index is 0.0580. The molecule has 0 atom stereocenters. The van der Waals surface area contributed by atoms with E-state index in [4.69, 9.17) is 4.98 Å². The van der Waals surface area contributed by atoms with Gasteiger partial charge in [0.1, 0.15) is 4.83 Å². The third kappa shape index (κ3) is 3.98. The van der Waals surface area contributed by atoms with Crippen molar-refractivity contribution in [1.82, 2.24) is 14.5 Å². The highest BCUT2D eigenvalue weighted by Gasteiger charge is 2.19. The number of amides is 1. The number of hydrogen-bond acceptors (Lipinski definition) is 5. The van der Waals surface area contributed by atoms with Gasteiger partial charge in [-0.25, -0.2) is 4.98 Å². The highest BCUT2D eigenvalue weighted by molar-refractivity contribution is 7.99. The second-order valence-electron chi connectivity index (χ2n) is 7.62. The molecule has 2 aromatic heterocycles. The number of benzene rings is 1. The molecule has 0 spiro atoms. The third-order valence-electron chi connectivity index (χ3n) is 5.63. The molecule has 0 radical (unpaired) electrons. The van der Waals surface area contributed by atoms with Gasteiger partial charge in [-0.15, -0.1) is 11.3 Å². The Morgan fingerprint density at radius 2 is 1.93 bits per heavy atom. The molecule has 1 aromatic carbocycles. The number of carbonyl (C=O) groups is 1. The Bertz CT molecular complexity index is 1130. The third-order valence-corrected chi connectivity index (χ3v) is 7.51. The molecule has 5 nitrogen and oxygen atoms in total. The Morgan fingerprint density at radius 3 is 2.66 bits per heavy atom. The predicted molar refractivity (Wildman–Crippen MR) is 121 cm³/mol. The summed E-state index contributed by atoms with van der Waals surface area (Å²) >= 11 is 2.84. The SMILES string of the molecule is Cc1ccc(-c2csc3nc(SCC(=O)N4CCCCC4)n(C)c(=O)c23)cc1C. The molecule has 3 heterocycles. The van der Waals surface area contributed by atoms with Gasteiger partial charge in [-0.2, -0.15) is 0 Å². The van der Waals surface area contributed by atoms with Gasteiger partial charge in [-0.1, -0.05) is 30.0 Å². The number of hydrogen-bond donors (Lipinski definition) is 0. The summed E-state index contributed by atoms with van der Waals surface area (Å²) in [6.45, 7) is 5.85. The van der Waals surface area contributed by atoms with Crippen molar-refractivity contribution in [2.24, 2.45) is 7.05 Å². The fourth-order valence-electron chi connectivity index (χ4n) is 3.66. The second kappa shape index (κ2) is 8.32. The van der Waals surface area contributed by atoms with Crippen LogP contribution < -0.4 is 5.56 Å². The van der Waals surface area contributed by atoms with E-state index >= 15 is 0 Å². The van der Waals surface area contributed by atoms with E-state index in [9.17, 15) is 9.59 Å². The van der Waals surface area contributed by atoms with Crippen molar-refractivity contribution in [1.29, 1.82) is 0 Å². The van der Waals surface area contributed by atoms with Crippen LogP contribution in [0.4, 0.5) is 0 Å². The molecule has 1 fully saturated rings. The standard InChI is InChI=1S/C22H25N3O2S2/c1-14-7-8-16(11-15(14)2)17-12-28-20-19(17)21(27)24(3)22(23-20)29-13-18(26)25-9-5-4-6-10-25/h7-8,11-12H,4-6,9-10,13H2,1-3H3. The summed E-state index contributed by atoms with van der Waals surface area (Å²) in [6, 6.07) is 6.27. The van der Waals surface area contributed by atoms with Gasteiger partial charge in [-0.3, -0.25) is 14.2 Å². The van der Waals surface area contributed by atoms with E-state index in [-0.39, 0.29) is 11.5 Å². The second-order valence-corrected chi connectivity index (χ2v) is 9.42. The van der Waals surface area contributed by atoms with Gasteiger partial charge in [0.2, 0.25) is 5.91 Å². The van der Waals surface area contributed by atoms with E-state index in [2.05, 4.69) is 32.0 Å². The van der Waals surface area contributed by atoms with Gasteiger partial charge < -0.3 is 4.90 Å². The van der Waals surface area contributed by atoms with Crippen molar-refractivity contribution in [3.8, 4) is 11.1 Å². The number of carbonyl (C=O) groups excluding carboxylic acids is 1. The Kier molecular flexibility index (Phi) is 5.79. The molecule has 0 bridgehead atoms. The molecule has 7 heteroatoms. The molecular formula is C22H25N3O2S2. The van der Waals surface area contributed by atoms with Crippen LogP contribution in [0.25, 0.3) is 21.3 Å². The zero-order valence-electron chi connectivity index (χ0n) is 17.0. The molecule has 1 aliphatic rings. The Balaban J connectivity index is 1.63. The number of likely N-dealkylation sites (tertiary alicyclic amines) is 1. The maximum atomic E-state index is 13.1. The van der Waals surface area contributed by atoms with Gasteiger partial charge in [0, 0.05) is 31.1 Å². The van der Waals surface area contributed by atoms with Crippen LogP contribution in [-0.2, 0) is 11.8 Å². The van der Waals surface area contributed by atoms with E-state index in [1.54, 1.807) is 11.6 Å². The zero-order valence-corrected chi connectivity index (χ0v) is 18.7. The van der Waals surface area contributed by atoms with Gasteiger partial charge >= 0.3 is 0 Å². The molecule has 0 saturated carbocycles. The molecule has 0 unspecified atom stereocenters. The van der Waals surface area contributed by atoms with Crippen LogP contribution in [0.2, 0.25) is 0 Å². The van der Waals surface area contributed by atoms with Crippen molar-refractivity contribution < 1.29 is 4.79 Å². The largest absolute Gasteiger partial charge is 0.342 e. The van der Waals surface area contributed by atoms with Gasteiger partial charge in [-0.05, 0) is 49.8 Å². The summed E-state index contributed by atoms with van der Waals surface area (Å²) in [5, 5.41) is 3.27. The maximum absolute atomic E-state index is 13.1. The first-order valence-corrected chi connectivity index (χ1v) is 11.8. The highest BCUT2D eigenvalue weighted by Crippen LogP contribution is 2.33. The first kappa shape index (κ1) is 20.2. The predicted octanol–water partition coefficient (Wildman–Crippen LogP) is 4.38. The first-order valence-electron chi connectivity index (χ1n) is 9.92. The summed E-state index contributed by atoms with van der Waals surface area (Å²) < 4.78 is 1.58. The van der Waals surface area contributed by atoms with Crippen molar-refractivity contribution in [2.45, 2.75) is 38.3 Å². The fourth-order valence-corrected chi connectivity index (χ4v) is 5.53. The van der Waals surface area contributed by atoms with E-state index in [1.807, 2.05) is 10.3 Å². The summed E-state index contributed by atoms with van der Waals surface area (Å²) in [7, 11) is 1.74. The average Bonchev–Trinajstić information content (AvgIpc) is 3.16. The summed E-state index contributed by atoms with van der Waals surface area (Å²) in [4.78, 5) is 33.0. The minimum atomic E-state index is -0.0580. The molecule has 3 aromatic rings.